The van der Waals surface area contributed by atoms with Crippen LogP contribution in [0.15, 0.2) is 18.2 Å². The molecule has 3 heterocycles. The van der Waals surface area contributed by atoms with Crippen LogP contribution < -0.4 is 10.1 Å². The van der Waals surface area contributed by atoms with Gasteiger partial charge in [0.05, 0.1) is 13.1 Å². The van der Waals surface area contributed by atoms with Crippen LogP contribution in [0.2, 0.25) is 0 Å². The molecule has 1 fully saturated rings. The number of amides is 1. The smallest absolute Gasteiger partial charge is 0.234 e. The minimum absolute atomic E-state index is 0.0610. The Balaban J connectivity index is 1.24. The summed E-state index contributed by atoms with van der Waals surface area (Å²) in [6.45, 7) is 8.39. The first-order valence-electron chi connectivity index (χ1n) is 11.7. The third kappa shape index (κ3) is 5.45. The van der Waals surface area contributed by atoms with Gasteiger partial charge in [0.2, 0.25) is 5.91 Å². The van der Waals surface area contributed by atoms with Gasteiger partial charge in [-0.2, -0.15) is 0 Å². The molecule has 2 aromatic rings. The number of fused-ring (bicyclic) bond motifs is 1. The zero-order chi connectivity index (χ0) is 21.6. The number of nitrogens with zero attached hydrogens (tertiary/aromatic N) is 4. The lowest BCUT2D eigenvalue weighted by molar-refractivity contribution is -0.122. The first-order valence-corrected chi connectivity index (χ1v) is 11.7. The average Bonchev–Trinajstić information content (AvgIpc) is 3.01. The molecule has 7 nitrogen and oxygen atoms in total. The second-order valence-electron chi connectivity index (χ2n) is 8.93. The number of nitrogens with one attached hydrogen (secondary N) is 1. The number of hydrogen-bond acceptors (Lipinski definition) is 5. The van der Waals surface area contributed by atoms with E-state index in [4.69, 9.17) is 4.74 Å². The summed E-state index contributed by atoms with van der Waals surface area (Å²) in [6, 6.07) is 6.12. The van der Waals surface area contributed by atoms with Gasteiger partial charge >= 0.3 is 0 Å². The van der Waals surface area contributed by atoms with Gasteiger partial charge in [0, 0.05) is 25.4 Å². The first kappa shape index (κ1) is 21.8. The average molecular weight is 426 g/mol. The maximum Gasteiger partial charge on any atom is 0.234 e. The van der Waals surface area contributed by atoms with E-state index in [1.807, 2.05) is 32.0 Å². The summed E-state index contributed by atoms with van der Waals surface area (Å²) in [4.78, 5) is 14.7. The van der Waals surface area contributed by atoms with E-state index in [1.54, 1.807) is 0 Å². The topological polar surface area (TPSA) is 72.3 Å². The van der Waals surface area contributed by atoms with E-state index >= 15 is 0 Å². The highest BCUT2D eigenvalue weighted by atomic mass is 16.5. The second-order valence-corrected chi connectivity index (χ2v) is 8.93. The molecule has 0 bridgehead atoms. The Morgan fingerprint density at radius 2 is 1.97 bits per heavy atom. The van der Waals surface area contributed by atoms with Crippen molar-refractivity contribution in [2.45, 2.75) is 64.8 Å². The molecule has 1 saturated heterocycles. The van der Waals surface area contributed by atoms with Crippen LogP contribution in [-0.4, -0.2) is 58.4 Å². The van der Waals surface area contributed by atoms with Gasteiger partial charge in [-0.3, -0.25) is 9.69 Å². The molecule has 168 valence electrons. The van der Waals surface area contributed by atoms with Crippen LogP contribution in [0.4, 0.5) is 0 Å². The number of rotatable bonds is 7. The fourth-order valence-electron chi connectivity index (χ4n) is 4.85. The van der Waals surface area contributed by atoms with Crippen molar-refractivity contribution in [2.24, 2.45) is 0 Å². The zero-order valence-corrected chi connectivity index (χ0v) is 18.9. The van der Waals surface area contributed by atoms with Crippen molar-refractivity contribution in [3.63, 3.8) is 0 Å². The fraction of sp³-hybridized carbons (Fsp3) is 0.625. The van der Waals surface area contributed by atoms with Crippen molar-refractivity contribution >= 4 is 5.91 Å². The van der Waals surface area contributed by atoms with Crippen molar-refractivity contribution in [1.82, 2.24) is 25.0 Å². The van der Waals surface area contributed by atoms with Gasteiger partial charge in [-0.25, -0.2) is 0 Å². The largest absolute Gasteiger partial charge is 0.491 e. The molecule has 0 radical (unpaired) electrons. The number of carbonyl (C=O) groups excluding carboxylic acids is 1. The molecule has 7 heteroatoms. The highest BCUT2D eigenvalue weighted by Crippen LogP contribution is 2.28. The molecule has 0 aliphatic carbocycles. The summed E-state index contributed by atoms with van der Waals surface area (Å²) < 4.78 is 8.24. The molecule has 1 amide bonds. The maximum absolute atomic E-state index is 12.5. The molecule has 2 aliphatic heterocycles. The summed E-state index contributed by atoms with van der Waals surface area (Å²) in [5.41, 5.74) is 2.24. The predicted octanol–water partition coefficient (Wildman–Crippen LogP) is 3.00. The van der Waals surface area contributed by atoms with Crippen LogP contribution in [0.3, 0.4) is 0 Å². The lowest BCUT2D eigenvalue weighted by Crippen LogP contribution is -2.43. The van der Waals surface area contributed by atoms with Crippen LogP contribution >= 0.6 is 0 Å². The molecule has 0 saturated carbocycles. The molecule has 31 heavy (non-hydrogen) atoms. The van der Waals surface area contributed by atoms with Gasteiger partial charge in [-0.15, -0.1) is 10.2 Å². The van der Waals surface area contributed by atoms with Crippen molar-refractivity contribution < 1.29 is 9.53 Å². The number of piperidine rings is 1. The van der Waals surface area contributed by atoms with E-state index in [9.17, 15) is 4.79 Å². The lowest BCUT2D eigenvalue weighted by atomic mass is 9.97. The van der Waals surface area contributed by atoms with E-state index in [0.29, 0.717) is 25.6 Å². The third-order valence-electron chi connectivity index (χ3n) is 6.46. The number of aryl methyl sites for hydroxylation is 3. The van der Waals surface area contributed by atoms with Crippen LogP contribution in [0.1, 0.15) is 60.8 Å². The Hall–Kier alpha value is -2.41. The van der Waals surface area contributed by atoms with Gasteiger partial charge < -0.3 is 14.6 Å². The van der Waals surface area contributed by atoms with Gasteiger partial charge in [-0.1, -0.05) is 24.6 Å². The molecule has 1 aromatic heterocycles. The van der Waals surface area contributed by atoms with Gasteiger partial charge in [-0.05, 0) is 57.2 Å². The first-order chi connectivity index (χ1) is 15.1. The number of para-hydroxylation sites is 1. The maximum atomic E-state index is 12.5. The summed E-state index contributed by atoms with van der Waals surface area (Å²) in [7, 11) is 0. The minimum Gasteiger partial charge on any atom is -0.491 e. The highest BCUT2D eigenvalue weighted by Gasteiger charge is 2.28. The number of aromatic nitrogens is 3. The Morgan fingerprint density at radius 1 is 1.13 bits per heavy atom. The number of ether oxygens (including phenoxy) is 1. The molecule has 1 unspecified atom stereocenters. The Labute approximate surface area is 185 Å². The lowest BCUT2D eigenvalue weighted by Gasteiger charge is -2.31. The Bertz CT molecular complexity index is 874. The quantitative estimate of drug-likeness (QED) is 0.691. The summed E-state index contributed by atoms with van der Waals surface area (Å²) in [5, 5.41) is 12.0. The van der Waals surface area contributed by atoms with E-state index < -0.39 is 0 Å². The van der Waals surface area contributed by atoms with Crippen LogP contribution in [0, 0.1) is 13.8 Å². The standard InChI is InChI=1S/C24H35N5O2/c1-18-8-6-9-19(2)23(18)31-15-12-25-22(30)17-28-13-7-10-20(16-28)24-27-26-21-11-4-3-5-14-29(21)24/h6,8-9,20H,3-5,7,10-17H2,1-2H3,(H,25,30). The SMILES string of the molecule is Cc1cccc(C)c1OCCNC(=O)CN1CCCC(c2nnc3n2CCCCC3)C1. The van der Waals surface area contributed by atoms with Crippen molar-refractivity contribution in [3.8, 4) is 5.75 Å². The minimum atomic E-state index is 0.0610. The fourth-order valence-corrected chi connectivity index (χ4v) is 4.85. The van der Waals surface area contributed by atoms with Crippen LogP contribution in [0.5, 0.6) is 5.75 Å². The molecule has 1 N–H and O–H groups in total. The van der Waals surface area contributed by atoms with Gasteiger partial charge in [0.15, 0.2) is 0 Å². The van der Waals surface area contributed by atoms with Crippen molar-refractivity contribution in [1.29, 1.82) is 0 Å². The zero-order valence-electron chi connectivity index (χ0n) is 18.9. The molecular formula is C24H35N5O2. The number of hydrogen-bond donors (Lipinski definition) is 1. The van der Waals surface area contributed by atoms with Crippen LogP contribution in [0.25, 0.3) is 0 Å². The van der Waals surface area contributed by atoms with E-state index in [0.717, 1.165) is 67.4 Å². The molecule has 4 rings (SSSR count). The van der Waals surface area contributed by atoms with Crippen molar-refractivity contribution in [2.75, 3.05) is 32.8 Å². The predicted molar refractivity (Wildman–Crippen MR) is 120 cm³/mol. The second kappa shape index (κ2) is 10.3. The number of carbonyl (C=O) groups is 1. The van der Waals surface area contributed by atoms with Gasteiger partial charge in [0.1, 0.15) is 24.0 Å². The van der Waals surface area contributed by atoms with E-state index in [-0.39, 0.29) is 5.91 Å². The highest BCUT2D eigenvalue weighted by molar-refractivity contribution is 5.78. The van der Waals surface area contributed by atoms with E-state index in [2.05, 4.69) is 25.0 Å². The number of benzene rings is 1. The van der Waals surface area contributed by atoms with E-state index in [1.165, 1.54) is 19.3 Å². The number of likely N-dealkylation sites (tertiary alicyclic amines) is 1. The van der Waals surface area contributed by atoms with Gasteiger partial charge in [0.25, 0.3) is 0 Å². The molecule has 1 atom stereocenters. The third-order valence-corrected chi connectivity index (χ3v) is 6.46. The molecule has 2 aliphatic rings. The van der Waals surface area contributed by atoms with Crippen molar-refractivity contribution in [3.05, 3.63) is 41.0 Å². The molecular weight excluding hydrogens is 390 g/mol. The monoisotopic (exact) mass is 425 g/mol. The summed E-state index contributed by atoms with van der Waals surface area (Å²) in [6.07, 6.45) is 6.95. The molecule has 0 spiro atoms. The Morgan fingerprint density at radius 3 is 2.81 bits per heavy atom. The normalized spacial score (nSPS) is 19.5. The summed E-state index contributed by atoms with van der Waals surface area (Å²) in [5.74, 6) is 3.62. The summed E-state index contributed by atoms with van der Waals surface area (Å²) >= 11 is 0. The molecule has 1 aromatic carbocycles. The van der Waals surface area contributed by atoms with Crippen LogP contribution in [-0.2, 0) is 17.8 Å². The Kier molecular flexibility index (Phi) is 7.22.